The molecule has 0 aliphatic carbocycles. The molecule has 0 radical (unpaired) electrons. The largest absolute Gasteiger partial charge is 0.493 e. The van der Waals surface area contributed by atoms with Crippen LogP contribution in [0.25, 0.3) is 21.5 Å². The second kappa shape index (κ2) is 6.92. The molecule has 5 rings (SSSR count). The molecule has 0 spiro atoms. The van der Waals surface area contributed by atoms with Crippen LogP contribution in [-0.4, -0.2) is 50.7 Å². The van der Waals surface area contributed by atoms with Crippen molar-refractivity contribution in [2.75, 3.05) is 38.8 Å². The lowest BCUT2D eigenvalue weighted by Crippen LogP contribution is -2.41. The van der Waals surface area contributed by atoms with Gasteiger partial charge in [0.1, 0.15) is 0 Å². The highest BCUT2D eigenvalue weighted by molar-refractivity contribution is 6.31. The maximum absolute atomic E-state index is 13.5. The van der Waals surface area contributed by atoms with Gasteiger partial charge < -0.3 is 14.4 Å². The second-order valence-corrected chi connectivity index (χ2v) is 7.87. The van der Waals surface area contributed by atoms with Crippen molar-refractivity contribution in [1.29, 1.82) is 0 Å². The van der Waals surface area contributed by atoms with Gasteiger partial charge in [-0.15, -0.1) is 0 Å². The predicted octanol–water partition coefficient (Wildman–Crippen LogP) is 4.45. The predicted molar refractivity (Wildman–Crippen MR) is 117 cm³/mol. The fourth-order valence-corrected chi connectivity index (χ4v) is 5.13. The minimum Gasteiger partial charge on any atom is -0.493 e. The number of ether oxygens (including phenoxy) is 2. The third-order valence-electron chi connectivity index (χ3n) is 6.51. The minimum atomic E-state index is 0.0595. The fourth-order valence-electron chi connectivity index (χ4n) is 5.13. The van der Waals surface area contributed by atoms with Crippen LogP contribution < -0.4 is 14.4 Å². The van der Waals surface area contributed by atoms with Crippen molar-refractivity contribution in [3.05, 3.63) is 42.0 Å². The molecule has 0 bridgehead atoms. The first-order chi connectivity index (χ1) is 14.2. The van der Waals surface area contributed by atoms with Gasteiger partial charge in [0, 0.05) is 23.4 Å². The molecular formula is C24H26N2O3. The molecule has 3 aromatic rings. The van der Waals surface area contributed by atoms with Crippen LogP contribution in [0.15, 0.2) is 36.4 Å². The number of carbonyl (C=O) groups excluding carboxylic acids is 1. The van der Waals surface area contributed by atoms with Crippen LogP contribution in [0, 0.1) is 0 Å². The normalized spacial score (nSPS) is 18.9. The highest BCUT2D eigenvalue weighted by atomic mass is 16.5. The lowest BCUT2D eigenvalue weighted by Gasteiger charge is -2.28. The van der Waals surface area contributed by atoms with E-state index in [2.05, 4.69) is 30.0 Å². The smallest absolute Gasteiger partial charge is 0.259 e. The van der Waals surface area contributed by atoms with E-state index >= 15 is 0 Å². The first-order valence-electron chi connectivity index (χ1n) is 10.3. The number of likely N-dealkylation sites (N-methyl/N-ethyl adjacent to an activating group) is 1. The molecule has 1 saturated heterocycles. The molecule has 5 heteroatoms. The van der Waals surface area contributed by atoms with Gasteiger partial charge in [0.15, 0.2) is 11.5 Å². The van der Waals surface area contributed by atoms with E-state index in [0.29, 0.717) is 23.1 Å². The van der Waals surface area contributed by atoms with E-state index < -0.39 is 0 Å². The van der Waals surface area contributed by atoms with E-state index in [1.165, 1.54) is 6.42 Å². The number of benzene rings is 3. The van der Waals surface area contributed by atoms with Crippen LogP contribution >= 0.6 is 0 Å². The van der Waals surface area contributed by atoms with E-state index in [1.807, 2.05) is 23.1 Å². The standard InChI is InChI=1S/C24H26N2O3/c1-4-25-11-7-9-16(25)14-26-19-12-15-8-5-6-10-17(15)22-21(19)18(24(26)27)13-20(28-2)23(22)29-3/h5-6,8,10,12-13,16H,4,7,9,11,14H2,1-3H3. The molecule has 0 aromatic heterocycles. The summed E-state index contributed by atoms with van der Waals surface area (Å²) in [6, 6.07) is 12.6. The Hall–Kier alpha value is -2.79. The van der Waals surface area contributed by atoms with Crippen LogP contribution in [0.5, 0.6) is 11.5 Å². The van der Waals surface area contributed by atoms with Crippen LogP contribution in [0.2, 0.25) is 0 Å². The molecule has 3 aromatic carbocycles. The summed E-state index contributed by atoms with van der Waals surface area (Å²) < 4.78 is 11.4. The van der Waals surface area contributed by atoms with Crippen molar-refractivity contribution >= 4 is 33.1 Å². The summed E-state index contributed by atoms with van der Waals surface area (Å²) in [6.07, 6.45) is 2.33. The van der Waals surface area contributed by atoms with Gasteiger partial charge in [-0.05, 0) is 48.8 Å². The van der Waals surface area contributed by atoms with Crippen molar-refractivity contribution in [2.24, 2.45) is 0 Å². The number of likely N-dealkylation sites (tertiary alicyclic amines) is 1. The molecular weight excluding hydrogens is 364 g/mol. The molecule has 2 heterocycles. The highest BCUT2D eigenvalue weighted by Gasteiger charge is 2.36. The molecule has 29 heavy (non-hydrogen) atoms. The summed E-state index contributed by atoms with van der Waals surface area (Å²) >= 11 is 0. The molecule has 2 aliphatic rings. The first-order valence-corrected chi connectivity index (χ1v) is 10.3. The quantitative estimate of drug-likeness (QED) is 0.604. The summed E-state index contributed by atoms with van der Waals surface area (Å²) in [6.45, 7) is 5.06. The van der Waals surface area contributed by atoms with Gasteiger partial charge >= 0.3 is 0 Å². The van der Waals surface area contributed by atoms with Gasteiger partial charge in [-0.2, -0.15) is 0 Å². The zero-order valence-electron chi connectivity index (χ0n) is 17.2. The number of amides is 1. The van der Waals surface area contributed by atoms with Gasteiger partial charge in [0.25, 0.3) is 5.91 Å². The van der Waals surface area contributed by atoms with Gasteiger partial charge in [0.05, 0.1) is 25.5 Å². The molecule has 1 fully saturated rings. The number of fused-ring (bicyclic) bond motifs is 2. The van der Waals surface area contributed by atoms with Gasteiger partial charge in [-0.1, -0.05) is 31.2 Å². The van der Waals surface area contributed by atoms with Crippen molar-refractivity contribution in [3.8, 4) is 11.5 Å². The maximum atomic E-state index is 13.5. The zero-order valence-corrected chi connectivity index (χ0v) is 17.2. The Morgan fingerprint density at radius 2 is 1.93 bits per heavy atom. The van der Waals surface area contributed by atoms with Crippen LogP contribution in [0.4, 0.5) is 5.69 Å². The van der Waals surface area contributed by atoms with E-state index in [1.54, 1.807) is 14.2 Å². The number of carbonyl (C=O) groups is 1. The topological polar surface area (TPSA) is 42.0 Å². The number of hydrogen-bond donors (Lipinski definition) is 0. The Morgan fingerprint density at radius 3 is 2.69 bits per heavy atom. The average molecular weight is 390 g/mol. The molecule has 5 nitrogen and oxygen atoms in total. The zero-order chi connectivity index (χ0) is 20.1. The Kier molecular flexibility index (Phi) is 4.36. The average Bonchev–Trinajstić information content (AvgIpc) is 3.31. The Labute approximate surface area is 170 Å². The number of nitrogens with zero attached hydrogens (tertiary/aromatic N) is 2. The van der Waals surface area contributed by atoms with Crippen LogP contribution in [-0.2, 0) is 0 Å². The number of methoxy groups -OCH3 is 2. The van der Waals surface area contributed by atoms with Crippen LogP contribution in [0.3, 0.4) is 0 Å². The molecule has 1 amide bonds. The van der Waals surface area contributed by atoms with Crippen molar-refractivity contribution in [3.63, 3.8) is 0 Å². The molecule has 0 N–H and O–H groups in total. The highest BCUT2D eigenvalue weighted by Crippen LogP contribution is 2.49. The lowest BCUT2D eigenvalue weighted by atomic mass is 9.97. The Morgan fingerprint density at radius 1 is 1.10 bits per heavy atom. The molecule has 2 aliphatic heterocycles. The summed E-state index contributed by atoms with van der Waals surface area (Å²) in [4.78, 5) is 18.0. The number of rotatable bonds is 5. The van der Waals surface area contributed by atoms with Gasteiger partial charge in [0.2, 0.25) is 0 Å². The summed E-state index contributed by atoms with van der Waals surface area (Å²) in [7, 11) is 3.28. The van der Waals surface area contributed by atoms with Gasteiger partial charge in [-0.3, -0.25) is 9.69 Å². The van der Waals surface area contributed by atoms with E-state index in [-0.39, 0.29) is 5.91 Å². The van der Waals surface area contributed by atoms with Crippen LogP contribution in [0.1, 0.15) is 30.1 Å². The number of hydrogen-bond acceptors (Lipinski definition) is 4. The third-order valence-corrected chi connectivity index (χ3v) is 6.51. The lowest BCUT2D eigenvalue weighted by molar-refractivity contribution is 0.0985. The monoisotopic (exact) mass is 390 g/mol. The minimum absolute atomic E-state index is 0.0595. The molecule has 1 atom stereocenters. The molecule has 150 valence electrons. The van der Waals surface area contributed by atoms with E-state index in [0.717, 1.165) is 53.3 Å². The number of anilines is 1. The summed E-state index contributed by atoms with van der Waals surface area (Å²) in [5, 5.41) is 4.12. The third kappa shape index (κ3) is 2.60. The molecule has 0 saturated carbocycles. The van der Waals surface area contributed by atoms with E-state index in [4.69, 9.17) is 9.47 Å². The van der Waals surface area contributed by atoms with Crippen molar-refractivity contribution in [2.45, 2.75) is 25.8 Å². The summed E-state index contributed by atoms with van der Waals surface area (Å²) in [5.41, 5.74) is 1.70. The Balaban J connectivity index is 1.76. The van der Waals surface area contributed by atoms with Gasteiger partial charge in [-0.25, -0.2) is 0 Å². The second-order valence-electron chi connectivity index (χ2n) is 7.87. The van der Waals surface area contributed by atoms with Crippen molar-refractivity contribution < 1.29 is 14.3 Å². The first kappa shape index (κ1) is 18.3. The Bertz CT molecular complexity index is 1120. The SMILES string of the molecule is CCN1CCCC1CN1C(=O)c2cc(OC)c(OC)c3c2c1cc1ccccc13. The summed E-state index contributed by atoms with van der Waals surface area (Å²) in [5.74, 6) is 1.35. The maximum Gasteiger partial charge on any atom is 0.259 e. The molecule has 1 unspecified atom stereocenters. The van der Waals surface area contributed by atoms with Crippen molar-refractivity contribution in [1.82, 2.24) is 4.90 Å². The van der Waals surface area contributed by atoms with E-state index in [9.17, 15) is 4.79 Å². The fraction of sp³-hybridized carbons (Fsp3) is 0.375.